The number of ether oxygens (including phenoxy) is 1. The van der Waals surface area contributed by atoms with Gasteiger partial charge >= 0.3 is 0 Å². The minimum absolute atomic E-state index is 0.542. The van der Waals surface area contributed by atoms with Gasteiger partial charge in [0.15, 0.2) is 0 Å². The molecular weight excluding hydrogens is 102 g/mol. The summed E-state index contributed by atoms with van der Waals surface area (Å²) >= 11 is 0. The molecule has 0 saturated carbocycles. The van der Waals surface area contributed by atoms with E-state index in [0.29, 0.717) is 6.04 Å². The lowest BCUT2D eigenvalue weighted by molar-refractivity contribution is -0.636. The van der Waals surface area contributed by atoms with Crippen LogP contribution in [-0.4, -0.2) is 19.8 Å². The smallest absolute Gasteiger partial charge is 0.0958 e. The van der Waals surface area contributed by atoms with Crippen LogP contribution in [0.2, 0.25) is 0 Å². The predicted octanol–water partition coefficient (Wildman–Crippen LogP) is -0.234. The quantitative estimate of drug-likeness (QED) is 0.505. The first-order chi connectivity index (χ1) is 3.85. The van der Waals surface area contributed by atoms with Gasteiger partial charge in [0.25, 0.3) is 0 Å². The van der Waals surface area contributed by atoms with Gasteiger partial charge in [-0.25, -0.2) is 0 Å². The first-order valence-corrected chi connectivity index (χ1v) is 2.96. The maximum Gasteiger partial charge on any atom is 0.0958 e. The second kappa shape index (κ2) is 5.06. The van der Waals surface area contributed by atoms with Crippen molar-refractivity contribution in [2.45, 2.75) is 19.4 Å². The number of quaternary nitrogens is 1. The molecule has 1 unspecified atom stereocenters. The van der Waals surface area contributed by atoms with Crippen LogP contribution in [0.3, 0.4) is 0 Å². The first-order valence-electron chi connectivity index (χ1n) is 2.96. The van der Waals surface area contributed by atoms with Crippen molar-refractivity contribution in [3.8, 4) is 0 Å². The number of methoxy groups -OCH3 is 1. The van der Waals surface area contributed by atoms with Crippen LogP contribution < -0.4 is 5.32 Å². The normalized spacial score (nSPS) is 13.9. The van der Waals surface area contributed by atoms with Crippen molar-refractivity contribution in [2.75, 3.05) is 13.7 Å². The zero-order valence-electron chi connectivity index (χ0n) is 5.68. The summed E-state index contributed by atoms with van der Waals surface area (Å²) in [6.07, 6.45) is 1.12. The predicted molar refractivity (Wildman–Crippen MR) is 33.2 cm³/mol. The zero-order chi connectivity index (χ0) is 6.41. The van der Waals surface area contributed by atoms with E-state index in [-0.39, 0.29) is 0 Å². The largest absolute Gasteiger partial charge is 0.474 e. The Labute approximate surface area is 51.2 Å². The topological polar surface area (TPSA) is 25.8 Å². The Balaban J connectivity index is 3.07. The van der Waals surface area contributed by atoms with Crippen LogP contribution in [0.25, 0.3) is 0 Å². The van der Waals surface area contributed by atoms with Crippen molar-refractivity contribution in [3.05, 3.63) is 7.05 Å². The van der Waals surface area contributed by atoms with Gasteiger partial charge in [-0.05, 0) is 6.42 Å². The lowest BCUT2D eigenvalue weighted by Crippen LogP contribution is -2.84. The van der Waals surface area contributed by atoms with E-state index in [1.807, 2.05) is 5.32 Å². The Hall–Kier alpha value is -0.0800. The molecular formula is C6H15NO. The number of hydrogen-bond acceptors (Lipinski definition) is 1. The second-order valence-electron chi connectivity index (χ2n) is 1.86. The molecule has 0 bridgehead atoms. The van der Waals surface area contributed by atoms with Crippen molar-refractivity contribution in [1.29, 1.82) is 0 Å². The van der Waals surface area contributed by atoms with Crippen LogP contribution in [-0.2, 0) is 4.74 Å². The molecule has 0 aromatic rings. The number of rotatable bonds is 4. The van der Waals surface area contributed by atoms with E-state index in [9.17, 15) is 0 Å². The molecule has 0 heterocycles. The third-order valence-corrected chi connectivity index (χ3v) is 1.24. The molecule has 0 aliphatic rings. The standard InChI is InChI=1S/C6H15NO/c1-4-6(7-2)5-8-3/h6H,2,4-5,7H2,1,3H3. The van der Waals surface area contributed by atoms with Crippen molar-refractivity contribution in [3.63, 3.8) is 0 Å². The summed E-state index contributed by atoms with van der Waals surface area (Å²) in [4.78, 5) is 0. The third kappa shape index (κ3) is 2.99. The summed E-state index contributed by atoms with van der Waals surface area (Å²) in [6.45, 7) is 2.94. The van der Waals surface area contributed by atoms with Crippen LogP contribution in [0.4, 0.5) is 0 Å². The van der Waals surface area contributed by atoms with E-state index in [1.54, 1.807) is 7.11 Å². The van der Waals surface area contributed by atoms with Gasteiger partial charge in [0.05, 0.1) is 12.6 Å². The molecule has 1 atom stereocenters. The molecule has 50 valence electrons. The average Bonchev–Trinajstić information content (AvgIpc) is 1.83. The molecule has 0 radical (unpaired) electrons. The molecule has 0 amide bonds. The van der Waals surface area contributed by atoms with Gasteiger partial charge in [0, 0.05) is 7.11 Å². The van der Waals surface area contributed by atoms with Crippen molar-refractivity contribution in [2.24, 2.45) is 0 Å². The fourth-order valence-corrected chi connectivity index (χ4v) is 0.567. The molecule has 0 aliphatic carbocycles. The fourth-order valence-electron chi connectivity index (χ4n) is 0.567. The SMILES string of the molecule is [CH2-][NH2+]C(CC)COC. The highest BCUT2D eigenvalue weighted by atomic mass is 16.5. The fraction of sp³-hybridized carbons (Fsp3) is 0.833. The van der Waals surface area contributed by atoms with Crippen LogP contribution >= 0.6 is 0 Å². The second-order valence-corrected chi connectivity index (χ2v) is 1.86. The van der Waals surface area contributed by atoms with Crippen molar-refractivity contribution >= 4 is 0 Å². The van der Waals surface area contributed by atoms with E-state index in [0.717, 1.165) is 13.0 Å². The van der Waals surface area contributed by atoms with Gasteiger partial charge in [-0.15, -0.1) is 0 Å². The summed E-state index contributed by atoms with van der Waals surface area (Å²) in [5, 5.41) is 1.93. The summed E-state index contributed by atoms with van der Waals surface area (Å²) in [7, 11) is 5.38. The monoisotopic (exact) mass is 117 g/mol. The van der Waals surface area contributed by atoms with E-state index >= 15 is 0 Å². The van der Waals surface area contributed by atoms with Gasteiger partial charge in [-0.2, -0.15) is 7.05 Å². The summed E-state index contributed by atoms with van der Waals surface area (Å²) < 4.78 is 4.91. The number of hydrogen-bond donors (Lipinski definition) is 1. The Bertz CT molecular complexity index is 43.8. The van der Waals surface area contributed by atoms with Gasteiger partial charge in [0.1, 0.15) is 0 Å². The molecule has 8 heavy (non-hydrogen) atoms. The summed E-state index contributed by atoms with van der Waals surface area (Å²) in [6, 6.07) is 0.542. The van der Waals surface area contributed by atoms with Gasteiger partial charge in [-0.1, -0.05) is 6.92 Å². The highest BCUT2D eigenvalue weighted by molar-refractivity contribution is 4.45. The minimum atomic E-state index is 0.542. The molecule has 0 spiro atoms. The lowest BCUT2D eigenvalue weighted by atomic mass is 10.2. The highest BCUT2D eigenvalue weighted by Crippen LogP contribution is 1.82. The zero-order valence-corrected chi connectivity index (χ0v) is 5.68. The molecule has 2 nitrogen and oxygen atoms in total. The Morgan fingerprint density at radius 1 is 1.75 bits per heavy atom. The highest BCUT2D eigenvalue weighted by Gasteiger charge is 1.99. The van der Waals surface area contributed by atoms with Crippen LogP contribution in [0, 0.1) is 7.05 Å². The maximum absolute atomic E-state index is 4.91. The van der Waals surface area contributed by atoms with Crippen LogP contribution in [0.5, 0.6) is 0 Å². The summed E-state index contributed by atoms with van der Waals surface area (Å²) in [5.74, 6) is 0. The van der Waals surface area contributed by atoms with Crippen LogP contribution in [0.1, 0.15) is 13.3 Å². The van der Waals surface area contributed by atoms with E-state index in [4.69, 9.17) is 4.74 Å². The van der Waals surface area contributed by atoms with Gasteiger partial charge < -0.3 is 10.1 Å². The van der Waals surface area contributed by atoms with Crippen molar-refractivity contribution in [1.82, 2.24) is 0 Å². The molecule has 0 fully saturated rings. The van der Waals surface area contributed by atoms with Gasteiger partial charge in [-0.3, -0.25) is 0 Å². The number of nitrogens with two attached hydrogens (primary N) is 1. The first kappa shape index (κ1) is 7.92. The summed E-state index contributed by atoms with van der Waals surface area (Å²) in [5.41, 5.74) is 0. The third-order valence-electron chi connectivity index (χ3n) is 1.24. The van der Waals surface area contributed by atoms with E-state index in [1.165, 1.54) is 0 Å². The molecule has 2 heteroatoms. The lowest BCUT2D eigenvalue weighted by Gasteiger charge is -2.11. The Morgan fingerprint density at radius 2 is 2.38 bits per heavy atom. The van der Waals surface area contributed by atoms with E-state index < -0.39 is 0 Å². The molecule has 2 N–H and O–H groups in total. The minimum Gasteiger partial charge on any atom is -0.474 e. The maximum atomic E-state index is 4.91. The molecule has 0 aliphatic heterocycles. The van der Waals surface area contributed by atoms with Crippen LogP contribution in [0.15, 0.2) is 0 Å². The average molecular weight is 117 g/mol. The Morgan fingerprint density at radius 3 is 2.50 bits per heavy atom. The van der Waals surface area contributed by atoms with Crippen molar-refractivity contribution < 1.29 is 10.1 Å². The molecule has 0 aromatic carbocycles. The van der Waals surface area contributed by atoms with E-state index in [2.05, 4.69) is 14.0 Å². The molecule has 0 rings (SSSR count). The molecule has 0 aromatic heterocycles. The molecule has 0 saturated heterocycles. The van der Waals surface area contributed by atoms with Gasteiger partial charge in [0.2, 0.25) is 0 Å². The Kier molecular flexibility index (Phi) is 5.01.